The van der Waals surface area contributed by atoms with E-state index < -0.39 is 0 Å². The second-order valence-electron chi connectivity index (χ2n) is 4.35. The summed E-state index contributed by atoms with van der Waals surface area (Å²) in [6, 6.07) is 4.01. The maximum Gasteiger partial charge on any atom is 0.0931 e. The molecule has 84 valence electrons. The Bertz CT molecular complexity index is 302. The molecule has 1 aliphatic carbocycles. The smallest absolute Gasteiger partial charge is 0.0931 e. The van der Waals surface area contributed by atoms with E-state index in [9.17, 15) is 0 Å². The van der Waals surface area contributed by atoms with Crippen LogP contribution in [-0.4, -0.2) is 0 Å². The third-order valence-corrected chi connectivity index (χ3v) is 5.06. The van der Waals surface area contributed by atoms with Gasteiger partial charge in [-0.2, -0.15) is 0 Å². The highest BCUT2D eigenvalue weighted by molar-refractivity contribution is 7.16. The first-order chi connectivity index (χ1) is 7.25. The molecule has 0 aromatic carbocycles. The maximum absolute atomic E-state index is 6.40. The summed E-state index contributed by atoms with van der Waals surface area (Å²) in [5.41, 5.74) is 0. The molecular weight excluding hydrogens is 247 g/mol. The molecule has 0 radical (unpaired) electrons. The van der Waals surface area contributed by atoms with Gasteiger partial charge in [0.25, 0.3) is 0 Å². The van der Waals surface area contributed by atoms with Gasteiger partial charge in [-0.3, -0.25) is 0 Å². The van der Waals surface area contributed by atoms with E-state index in [0.29, 0.717) is 0 Å². The van der Waals surface area contributed by atoms with Gasteiger partial charge in [0.1, 0.15) is 0 Å². The molecule has 1 atom stereocenters. The van der Waals surface area contributed by atoms with E-state index in [4.69, 9.17) is 23.2 Å². The molecule has 3 heteroatoms. The molecule has 0 spiro atoms. The van der Waals surface area contributed by atoms with Crippen LogP contribution in [0.4, 0.5) is 0 Å². The first-order valence-electron chi connectivity index (χ1n) is 5.65. The van der Waals surface area contributed by atoms with Gasteiger partial charge in [0, 0.05) is 4.88 Å². The highest BCUT2D eigenvalue weighted by atomic mass is 35.5. The second kappa shape index (κ2) is 5.56. The highest BCUT2D eigenvalue weighted by Crippen LogP contribution is 2.38. The van der Waals surface area contributed by atoms with Crippen LogP contribution in [0.15, 0.2) is 12.1 Å². The number of hydrogen-bond acceptors (Lipinski definition) is 1. The summed E-state index contributed by atoms with van der Waals surface area (Å²) < 4.78 is 0.847. The molecule has 1 fully saturated rings. The number of rotatable bonds is 3. The van der Waals surface area contributed by atoms with Crippen LogP contribution in [-0.2, 0) is 0 Å². The van der Waals surface area contributed by atoms with Crippen LogP contribution in [0.25, 0.3) is 0 Å². The topological polar surface area (TPSA) is 0 Å². The summed E-state index contributed by atoms with van der Waals surface area (Å²) in [7, 11) is 0. The Balaban J connectivity index is 1.88. The lowest BCUT2D eigenvalue weighted by Gasteiger charge is -2.23. The van der Waals surface area contributed by atoms with Crippen molar-refractivity contribution in [3.05, 3.63) is 21.3 Å². The van der Waals surface area contributed by atoms with Crippen LogP contribution in [0, 0.1) is 5.92 Å². The van der Waals surface area contributed by atoms with Gasteiger partial charge in [-0.1, -0.05) is 43.7 Å². The minimum Gasteiger partial charge on any atom is -0.127 e. The molecule has 0 bridgehead atoms. The van der Waals surface area contributed by atoms with Gasteiger partial charge in [0.15, 0.2) is 0 Å². The molecule has 1 aliphatic rings. The molecule has 1 saturated carbocycles. The monoisotopic (exact) mass is 262 g/mol. The Labute approximate surface area is 106 Å². The first-order valence-corrected chi connectivity index (χ1v) is 7.28. The summed E-state index contributed by atoms with van der Waals surface area (Å²) in [5, 5.41) is 0.172. The first kappa shape index (κ1) is 11.8. The Morgan fingerprint density at radius 2 is 2.00 bits per heavy atom. The minimum atomic E-state index is 0.172. The molecule has 1 aromatic heterocycles. The van der Waals surface area contributed by atoms with Crippen LogP contribution >= 0.6 is 34.5 Å². The van der Waals surface area contributed by atoms with Crippen LogP contribution in [0.1, 0.15) is 48.8 Å². The van der Waals surface area contributed by atoms with Crippen molar-refractivity contribution in [2.75, 3.05) is 0 Å². The van der Waals surface area contributed by atoms with Crippen molar-refractivity contribution >= 4 is 34.5 Å². The van der Waals surface area contributed by atoms with Crippen LogP contribution in [0.5, 0.6) is 0 Å². The van der Waals surface area contributed by atoms with Gasteiger partial charge in [-0.05, 0) is 24.5 Å². The largest absolute Gasteiger partial charge is 0.127 e. The zero-order valence-corrected chi connectivity index (χ0v) is 11.0. The predicted molar refractivity (Wildman–Crippen MR) is 69.1 cm³/mol. The second-order valence-corrected chi connectivity index (χ2v) is 6.62. The summed E-state index contributed by atoms with van der Waals surface area (Å²) in [6.45, 7) is 0. The highest BCUT2D eigenvalue weighted by Gasteiger charge is 2.19. The molecule has 15 heavy (non-hydrogen) atoms. The Hall–Kier alpha value is 0.280. The fraction of sp³-hybridized carbons (Fsp3) is 0.667. The van der Waals surface area contributed by atoms with E-state index in [1.54, 1.807) is 11.3 Å². The van der Waals surface area contributed by atoms with Gasteiger partial charge >= 0.3 is 0 Å². The van der Waals surface area contributed by atoms with E-state index in [-0.39, 0.29) is 5.38 Å². The fourth-order valence-electron chi connectivity index (χ4n) is 2.33. The Kier molecular flexibility index (Phi) is 4.36. The Morgan fingerprint density at radius 3 is 2.60 bits per heavy atom. The third-order valence-electron chi connectivity index (χ3n) is 3.17. The molecule has 1 heterocycles. The average Bonchev–Trinajstić information content (AvgIpc) is 2.66. The van der Waals surface area contributed by atoms with Crippen molar-refractivity contribution in [1.82, 2.24) is 0 Å². The quantitative estimate of drug-likeness (QED) is 0.618. The van der Waals surface area contributed by atoms with Gasteiger partial charge < -0.3 is 0 Å². The summed E-state index contributed by atoms with van der Waals surface area (Å²) in [5.74, 6) is 0.835. The SMILES string of the molecule is Clc1ccc(C(Cl)CC2CCCCC2)s1. The number of halogens is 2. The molecule has 2 rings (SSSR count). The zero-order valence-electron chi connectivity index (χ0n) is 8.72. The van der Waals surface area contributed by atoms with E-state index in [0.717, 1.165) is 16.7 Å². The standard InChI is InChI=1S/C12H16Cl2S/c13-10(11-6-7-12(14)15-11)8-9-4-2-1-3-5-9/h6-7,9-10H,1-5,8H2. The van der Waals surface area contributed by atoms with Crippen molar-refractivity contribution in [2.24, 2.45) is 5.92 Å². The minimum absolute atomic E-state index is 0.172. The zero-order chi connectivity index (χ0) is 10.7. The molecule has 0 nitrogen and oxygen atoms in total. The van der Waals surface area contributed by atoms with E-state index in [2.05, 4.69) is 6.07 Å². The van der Waals surface area contributed by atoms with Crippen LogP contribution in [0.3, 0.4) is 0 Å². The molecule has 0 saturated heterocycles. The lowest BCUT2D eigenvalue weighted by Crippen LogP contribution is -2.08. The molecule has 1 unspecified atom stereocenters. The summed E-state index contributed by atoms with van der Waals surface area (Å²) in [6.07, 6.45) is 8.04. The third kappa shape index (κ3) is 3.37. The fourth-order valence-corrected chi connectivity index (χ4v) is 3.84. The van der Waals surface area contributed by atoms with E-state index in [1.807, 2.05) is 6.07 Å². The molecule has 0 N–H and O–H groups in total. The van der Waals surface area contributed by atoms with Gasteiger partial charge in [-0.25, -0.2) is 0 Å². The number of hydrogen-bond donors (Lipinski definition) is 0. The van der Waals surface area contributed by atoms with Crippen LogP contribution in [0.2, 0.25) is 4.34 Å². The molecule has 1 aromatic rings. The average molecular weight is 263 g/mol. The lowest BCUT2D eigenvalue weighted by molar-refractivity contribution is 0.337. The Morgan fingerprint density at radius 1 is 1.27 bits per heavy atom. The van der Waals surface area contributed by atoms with Gasteiger partial charge in [-0.15, -0.1) is 22.9 Å². The van der Waals surface area contributed by atoms with Gasteiger partial charge in [0.2, 0.25) is 0 Å². The molecule has 0 aliphatic heterocycles. The van der Waals surface area contributed by atoms with Crippen molar-refractivity contribution in [3.8, 4) is 0 Å². The van der Waals surface area contributed by atoms with Crippen molar-refractivity contribution < 1.29 is 0 Å². The lowest BCUT2D eigenvalue weighted by atomic mass is 9.86. The van der Waals surface area contributed by atoms with E-state index >= 15 is 0 Å². The van der Waals surface area contributed by atoms with Crippen LogP contribution < -0.4 is 0 Å². The molecular formula is C12H16Cl2S. The van der Waals surface area contributed by atoms with E-state index in [1.165, 1.54) is 37.0 Å². The molecule has 0 amide bonds. The maximum atomic E-state index is 6.40. The summed E-state index contributed by atoms with van der Waals surface area (Å²) >= 11 is 13.9. The van der Waals surface area contributed by atoms with Gasteiger partial charge in [0.05, 0.1) is 9.71 Å². The van der Waals surface area contributed by atoms with Crippen molar-refractivity contribution in [2.45, 2.75) is 43.9 Å². The number of thiophene rings is 1. The normalized spacial score (nSPS) is 20.4. The predicted octanol–water partition coefficient (Wildman–Crippen LogP) is 5.65. The summed E-state index contributed by atoms with van der Waals surface area (Å²) in [4.78, 5) is 1.23. The number of alkyl halides is 1. The van der Waals surface area contributed by atoms with Crippen molar-refractivity contribution in [3.63, 3.8) is 0 Å². The van der Waals surface area contributed by atoms with Crippen molar-refractivity contribution in [1.29, 1.82) is 0 Å².